The van der Waals surface area contributed by atoms with E-state index in [2.05, 4.69) is 10.9 Å². The molecule has 0 unspecified atom stereocenters. The van der Waals surface area contributed by atoms with Crippen molar-refractivity contribution >= 4 is 51.9 Å². The molecule has 0 saturated heterocycles. The number of benzene rings is 2. The largest absolute Gasteiger partial charge is 0.299 e. The first-order chi connectivity index (χ1) is 9.56. The van der Waals surface area contributed by atoms with Gasteiger partial charge in [0, 0.05) is 10.0 Å². The zero-order valence-corrected chi connectivity index (χ0v) is 12.6. The Morgan fingerprint density at radius 2 is 1.70 bits per heavy atom. The lowest BCUT2D eigenvalue weighted by Crippen LogP contribution is -2.46. The molecule has 0 bridgehead atoms. The van der Waals surface area contributed by atoms with Crippen LogP contribution in [0.3, 0.4) is 0 Å². The van der Waals surface area contributed by atoms with Crippen LogP contribution in [-0.4, -0.2) is 5.11 Å². The molecule has 0 saturated carbocycles. The summed E-state index contributed by atoms with van der Waals surface area (Å²) in [6.07, 6.45) is 0. The second kappa shape index (κ2) is 6.76. The molecule has 2 aromatic rings. The van der Waals surface area contributed by atoms with E-state index in [1.807, 2.05) is 12.1 Å². The average Bonchev–Trinajstić information content (AvgIpc) is 2.44. The van der Waals surface area contributed by atoms with Gasteiger partial charge in [0.25, 0.3) is 0 Å². The molecule has 0 radical (unpaired) electrons. The van der Waals surface area contributed by atoms with Gasteiger partial charge in [-0.15, -0.1) is 0 Å². The molecule has 2 rings (SSSR count). The van der Waals surface area contributed by atoms with E-state index in [0.29, 0.717) is 20.8 Å². The molecule has 0 aliphatic carbocycles. The van der Waals surface area contributed by atoms with Crippen molar-refractivity contribution in [3.63, 3.8) is 0 Å². The van der Waals surface area contributed by atoms with Gasteiger partial charge in [-0.3, -0.25) is 15.9 Å². The second-order valence-corrected chi connectivity index (χ2v) is 5.17. The van der Waals surface area contributed by atoms with Gasteiger partial charge >= 0.3 is 0 Å². The van der Waals surface area contributed by atoms with Crippen LogP contribution in [0.25, 0.3) is 0 Å². The van der Waals surface area contributed by atoms with Crippen LogP contribution in [0, 0.1) is 0 Å². The van der Waals surface area contributed by atoms with E-state index in [0.717, 1.165) is 5.69 Å². The fourth-order valence-electron chi connectivity index (χ4n) is 1.50. The maximum absolute atomic E-state index is 5.91. The van der Waals surface area contributed by atoms with E-state index in [1.165, 1.54) is 5.01 Å². The molecule has 0 amide bonds. The van der Waals surface area contributed by atoms with E-state index in [4.69, 9.17) is 41.3 Å². The smallest absolute Gasteiger partial charge is 0.206 e. The van der Waals surface area contributed by atoms with Gasteiger partial charge in [0.15, 0.2) is 0 Å². The van der Waals surface area contributed by atoms with Crippen molar-refractivity contribution in [2.45, 2.75) is 0 Å². The highest BCUT2D eigenvalue weighted by Crippen LogP contribution is 2.17. The maximum Gasteiger partial charge on any atom is 0.206 e. The Bertz CT molecular complexity index is 621. The van der Waals surface area contributed by atoms with Gasteiger partial charge in [0.1, 0.15) is 0 Å². The number of rotatable bonds is 3. The quantitative estimate of drug-likeness (QED) is 0.457. The molecule has 0 heterocycles. The van der Waals surface area contributed by atoms with E-state index in [-0.39, 0.29) is 0 Å². The van der Waals surface area contributed by atoms with Crippen LogP contribution in [0.4, 0.5) is 11.4 Å². The first-order valence-electron chi connectivity index (χ1n) is 5.68. The number of nitrogens with two attached hydrogens (primary N) is 1. The molecular weight excluding hydrogens is 315 g/mol. The lowest BCUT2D eigenvalue weighted by atomic mass is 10.3. The van der Waals surface area contributed by atoms with Crippen LogP contribution in [0.15, 0.2) is 48.5 Å². The van der Waals surface area contributed by atoms with E-state index in [9.17, 15) is 0 Å². The molecule has 0 aliphatic heterocycles. The minimum atomic E-state index is 0.298. The zero-order chi connectivity index (χ0) is 14.5. The zero-order valence-electron chi connectivity index (χ0n) is 10.3. The Hall–Kier alpha value is -1.53. The normalized spacial score (nSPS) is 9.95. The van der Waals surface area contributed by atoms with E-state index in [1.54, 1.807) is 36.4 Å². The number of anilines is 2. The molecule has 2 aromatic carbocycles. The summed E-state index contributed by atoms with van der Waals surface area (Å²) in [6.45, 7) is 0. The van der Waals surface area contributed by atoms with Crippen LogP contribution in [-0.2, 0) is 0 Å². The van der Waals surface area contributed by atoms with Gasteiger partial charge in [0.05, 0.1) is 11.4 Å². The SMILES string of the molecule is NN(C(=S)NNc1cccc(Cl)c1)c1cccc(Cl)c1. The van der Waals surface area contributed by atoms with Crippen LogP contribution in [0.1, 0.15) is 0 Å². The second-order valence-electron chi connectivity index (χ2n) is 3.92. The Labute approximate surface area is 132 Å². The predicted molar refractivity (Wildman–Crippen MR) is 88.9 cm³/mol. The van der Waals surface area contributed by atoms with Crippen LogP contribution in [0.5, 0.6) is 0 Å². The third-order valence-corrected chi connectivity index (χ3v) is 3.21. The first-order valence-corrected chi connectivity index (χ1v) is 6.84. The van der Waals surface area contributed by atoms with Crippen molar-refractivity contribution < 1.29 is 0 Å². The number of hydrogen-bond acceptors (Lipinski definition) is 3. The number of nitrogens with one attached hydrogen (secondary N) is 2. The van der Waals surface area contributed by atoms with Crippen molar-refractivity contribution in [2.24, 2.45) is 5.84 Å². The highest BCUT2D eigenvalue weighted by Gasteiger charge is 2.07. The lowest BCUT2D eigenvalue weighted by molar-refractivity contribution is 1.04. The topological polar surface area (TPSA) is 53.3 Å². The monoisotopic (exact) mass is 326 g/mol. The lowest BCUT2D eigenvalue weighted by Gasteiger charge is -2.21. The molecule has 104 valence electrons. The first kappa shape index (κ1) is 14.9. The van der Waals surface area contributed by atoms with Crippen molar-refractivity contribution in [2.75, 3.05) is 10.4 Å². The molecule has 0 atom stereocenters. The molecule has 0 spiro atoms. The summed E-state index contributed by atoms with van der Waals surface area (Å²) in [4.78, 5) is 0. The number of hydrogen-bond donors (Lipinski definition) is 3. The van der Waals surface area contributed by atoms with Crippen molar-refractivity contribution in [3.05, 3.63) is 58.6 Å². The fraction of sp³-hybridized carbons (Fsp3) is 0. The van der Waals surface area contributed by atoms with Gasteiger partial charge in [-0.2, -0.15) is 0 Å². The summed E-state index contributed by atoms with van der Waals surface area (Å²) < 4.78 is 0. The maximum atomic E-state index is 5.91. The molecule has 0 fully saturated rings. The number of halogens is 2. The van der Waals surface area contributed by atoms with Gasteiger partial charge in [-0.25, -0.2) is 5.84 Å². The Morgan fingerprint density at radius 1 is 1.05 bits per heavy atom. The summed E-state index contributed by atoms with van der Waals surface area (Å²) in [7, 11) is 0. The highest BCUT2D eigenvalue weighted by atomic mass is 35.5. The molecule has 4 N–H and O–H groups in total. The summed E-state index contributed by atoms with van der Waals surface area (Å²) in [5.41, 5.74) is 7.21. The molecule has 4 nitrogen and oxygen atoms in total. The standard InChI is InChI=1S/C13H12Cl2N4S/c14-9-3-1-5-11(7-9)17-18-13(20)19(16)12-6-2-4-10(15)8-12/h1-8,17H,16H2,(H,18,20). The average molecular weight is 327 g/mol. The molecular formula is C13H12Cl2N4S. The Balaban J connectivity index is 1.98. The minimum Gasteiger partial charge on any atom is -0.299 e. The number of thiocarbonyl (C=S) groups is 1. The predicted octanol–water partition coefficient (Wildman–Crippen LogP) is 3.58. The Morgan fingerprint density at radius 3 is 2.35 bits per heavy atom. The summed E-state index contributed by atoms with van der Waals surface area (Å²) in [5.74, 6) is 5.91. The van der Waals surface area contributed by atoms with Crippen molar-refractivity contribution in [3.8, 4) is 0 Å². The molecule has 20 heavy (non-hydrogen) atoms. The van der Waals surface area contributed by atoms with Gasteiger partial charge in [-0.1, -0.05) is 35.3 Å². The third kappa shape index (κ3) is 3.98. The van der Waals surface area contributed by atoms with Gasteiger partial charge in [-0.05, 0) is 48.6 Å². The van der Waals surface area contributed by atoms with Crippen molar-refractivity contribution in [1.29, 1.82) is 0 Å². The van der Waals surface area contributed by atoms with Crippen LogP contribution >= 0.6 is 35.4 Å². The summed E-state index contributed by atoms with van der Waals surface area (Å²) >= 11 is 17.0. The van der Waals surface area contributed by atoms with Crippen LogP contribution in [0.2, 0.25) is 10.0 Å². The van der Waals surface area contributed by atoms with E-state index >= 15 is 0 Å². The van der Waals surface area contributed by atoms with E-state index < -0.39 is 0 Å². The highest BCUT2D eigenvalue weighted by molar-refractivity contribution is 7.80. The molecule has 0 aliphatic rings. The summed E-state index contributed by atoms with van der Waals surface area (Å²) in [5, 5.41) is 2.83. The summed E-state index contributed by atoms with van der Waals surface area (Å²) in [6, 6.07) is 14.3. The van der Waals surface area contributed by atoms with Gasteiger partial charge < -0.3 is 0 Å². The number of nitrogens with zero attached hydrogens (tertiary/aromatic N) is 1. The fourth-order valence-corrected chi connectivity index (χ4v) is 2.03. The van der Waals surface area contributed by atoms with Crippen molar-refractivity contribution in [1.82, 2.24) is 5.43 Å². The third-order valence-electron chi connectivity index (χ3n) is 2.44. The van der Waals surface area contributed by atoms with Crippen LogP contribution < -0.4 is 21.7 Å². The Kier molecular flexibility index (Phi) is 5.03. The number of hydrazine groups is 2. The molecule has 0 aromatic heterocycles. The minimum absolute atomic E-state index is 0.298. The van der Waals surface area contributed by atoms with Gasteiger partial charge in [0.2, 0.25) is 5.11 Å². The molecule has 7 heteroatoms.